The van der Waals surface area contributed by atoms with E-state index in [1.54, 1.807) is 19.2 Å². The zero-order valence-corrected chi connectivity index (χ0v) is 12.4. The number of aryl methyl sites for hydroxylation is 1. The first-order chi connectivity index (χ1) is 8.65. The molecule has 0 bridgehead atoms. The van der Waals surface area contributed by atoms with Crippen LogP contribution in [0.4, 0.5) is 0 Å². The van der Waals surface area contributed by atoms with Gasteiger partial charge in [-0.1, -0.05) is 27.5 Å². The lowest BCUT2D eigenvalue weighted by atomic mass is 10.1. The van der Waals surface area contributed by atoms with Gasteiger partial charge in [0.2, 0.25) is 0 Å². The second-order valence-electron chi connectivity index (χ2n) is 3.80. The molecule has 18 heavy (non-hydrogen) atoms. The van der Waals surface area contributed by atoms with Crippen molar-refractivity contribution in [3.05, 3.63) is 40.7 Å². The molecule has 1 aromatic carbocycles. The maximum Gasteiger partial charge on any atom is 0.163 e. The van der Waals surface area contributed by atoms with Crippen molar-refractivity contribution in [3.63, 3.8) is 0 Å². The quantitative estimate of drug-likeness (QED) is 0.799. The summed E-state index contributed by atoms with van der Waals surface area (Å²) in [6.45, 7) is 1.99. The monoisotopic (exact) mass is 326 g/mol. The standard InChI is InChI=1S/C13H12BrClN2O/c1-8-7-16-13(17-11(8)6-14)10-4-3-9(15)5-12(10)18-2/h3-5,7H,6H2,1-2H3. The van der Waals surface area contributed by atoms with Gasteiger partial charge in [-0.2, -0.15) is 0 Å². The molecule has 0 aliphatic heterocycles. The van der Waals surface area contributed by atoms with Crippen LogP contribution in [-0.2, 0) is 5.33 Å². The predicted octanol–water partition coefficient (Wildman–Crippen LogP) is 4.01. The minimum absolute atomic E-state index is 0.628. The molecule has 1 aromatic heterocycles. The Bertz CT molecular complexity index is 575. The largest absolute Gasteiger partial charge is 0.496 e. The van der Waals surface area contributed by atoms with Crippen molar-refractivity contribution in [2.45, 2.75) is 12.3 Å². The van der Waals surface area contributed by atoms with Crippen LogP contribution in [-0.4, -0.2) is 17.1 Å². The Morgan fingerprint density at radius 2 is 2.17 bits per heavy atom. The summed E-state index contributed by atoms with van der Waals surface area (Å²) >= 11 is 9.36. The molecule has 0 N–H and O–H groups in total. The van der Waals surface area contributed by atoms with E-state index in [1.807, 2.05) is 19.2 Å². The molecule has 0 saturated carbocycles. The van der Waals surface area contributed by atoms with Crippen molar-refractivity contribution in [1.29, 1.82) is 0 Å². The average molecular weight is 328 g/mol. The third-order valence-electron chi connectivity index (χ3n) is 2.61. The summed E-state index contributed by atoms with van der Waals surface area (Å²) in [5.74, 6) is 1.32. The van der Waals surface area contributed by atoms with Gasteiger partial charge in [-0.05, 0) is 30.7 Å². The number of methoxy groups -OCH3 is 1. The highest BCUT2D eigenvalue weighted by Gasteiger charge is 2.11. The highest BCUT2D eigenvalue weighted by molar-refractivity contribution is 9.08. The van der Waals surface area contributed by atoms with Crippen LogP contribution in [0.15, 0.2) is 24.4 Å². The Hall–Kier alpha value is -1.13. The van der Waals surface area contributed by atoms with Gasteiger partial charge in [0.05, 0.1) is 18.4 Å². The zero-order valence-electron chi connectivity index (χ0n) is 10.1. The van der Waals surface area contributed by atoms with Crippen LogP contribution < -0.4 is 4.74 Å². The topological polar surface area (TPSA) is 35.0 Å². The molecule has 2 aromatic rings. The molecule has 0 unspecified atom stereocenters. The number of hydrogen-bond donors (Lipinski definition) is 0. The molecule has 1 heterocycles. The Balaban J connectivity index is 2.54. The third-order valence-corrected chi connectivity index (χ3v) is 3.37. The summed E-state index contributed by atoms with van der Waals surface area (Å²) in [7, 11) is 1.61. The van der Waals surface area contributed by atoms with Gasteiger partial charge in [0.25, 0.3) is 0 Å². The summed E-state index contributed by atoms with van der Waals surface area (Å²) in [4.78, 5) is 8.86. The lowest BCUT2D eigenvalue weighted by Gasteiger charge is -2.09. The number of hydrogen-bond acceptors (Lipinski definition) is 3. The van der Waals surface area contributed by atoms with Gasteiger partial charge < -0.3 is 4.74 Å². The highest BCUT2D eigenvalue weighted by atomic mass is 79.9. The molecule has 0 atom stereocenters. The fourth-order valence-corrected chi connectivity index (χ4v) is 2.32. The van der Waals surface area contributed by atoms with Gasteiger partial charge in [-0.25, -0.2) is 9.97 Å². The molecule has 3 nitrogen and oxygen atoms in total. The summed E-state index contributed by atoms with van der Waals surface area (Å²) in [5.41, 5.74) is 2.87. The molecular weight excluding hydrogens is 316 g/mol. The molecule has 0 aliphatic rings. The number of rotatable bonds is 3. The van der Waals surface area contributed by atoms with E-state index in [2.05, 4.69) is 25.9 Å². The number of nitrogens with zero attached hydrogens (tertiary/aromatic N) is 2. The maximum atomic E-state index is 5.94. The Kier molecular flexibility index (Phi) is 4.19. The first-order valence-corrected chi connectivity index (χ1v) is 6.88. The van der Waals surface area contributed by atoms with Gasteiger partial charge >= 0.3 is 0 Å². The number of ether oxygens (including phenoxy) is 1. The second kappa shape index (κ2) is 5.67. The van der Waals surface area contributed by atoms with Crippen LogP contribution in [0, 0.1) is 6.92 Å². The fraction of sp³-hybridized carbons (Fsp3) is 0.231. The molecule has 2 rings (SSSR count). The van der Waals surface area contributed by atoms with Crippen molar-refractivity contribution >= 4 is 27.5 Å². The normalized spacial score (nSPS) is 10.4. The summed E-state index contributed by atoms with van der Waals surface area (Å²) in [6, 6.07) is 5.42. The van der Waals surface area contributed by atoms with Crippen molar-refractivity contribution in [3.8, 4) is 17.1 Å². The van der Waals surface area contributed by atoms with Crippen LogP contribution in [0.5, 0.6) is 5.75 Å². The summed E-state index contributed by atoms with van der Waals surface area (Å²) < 4.78 is 5.31. The minimum Gasteiger partial charge on any atom is -0.496 e. The first kappa shape index (κ1) is 13.3. The molecule has 0 saturated heterocycles. The van der Waals surface area contributed by atoms with Crippen LogP contribution >= 0.6 is 27.5 Å². The van der Waals surface area contributed by atoms with Crippen molar-refractivity contribution in [2.75, 3.05) is 7.11 Å². The van der Waals surface area contributed by atoms with E-state index in [1.165, 1.54) is 0 Å². The van der Waals surface area contributed by atoms with Crippen molar-refractivity contribution in [2.24, 2.45) is 0 Å². The van der Waals surface area contributed by atoms with Crippen molar-refractivity contribution < 1.29 is 4.74 Å². The van der Waals surface area contributed by atoms with E-state index in [-0.39, 0.29) is 0 Å². The Labute approximate surface area is 119 Å². The number of alkyl halides is 1. The summed E-state index contributed by atoms with van der Waals surface area (Å²) in [5, 5.41) is 1.33. The maximum absolute atomic E-state index is 5.94. The summed E-state index contributed by atoms with van der Waals surface area (Å²) in [6.07, 6.45) is 1.81. The number of aromatic nitrogens is 2. The molecule has 0 fully saturated rings. The van der Waals surface area contributed by atoms with Gasteiger partial charge in [0.1, 0.15) is 5.75 Å². The van der Waals surface area contributed by atoms with E-state index in [0.717, 1.165) is 16.8 Å². The van der Waals surface area contributed by atoms with Gasteiger partial charge in [0.15, 0.2) is 5.82 Å². The van der Waals surface area contributed by atoms with Crippen LogP contribution in [0.2, 0.25) is 5.02 Å². The van der Waals surface area contributed by atoms with Gasteiger partial charge in [0, 0.05) is 16.5 Å². The lowest BCUT2D eigenvalue weighted by Crippen LogP contribution is -1.98. The third kappa shape index (κ3) is 2.65. The smallest absolute Gasteiger partial charge is 0.163 e. The Morgan fingerprint density at radius 3 is 2.83 bits per heavy atom. The van der Waals surface area contributed by atoms with Crippen molar-refractivity contribution in [1.82, 2.24) is 9.97 Å². The number of benzene rings is 1. The highest BCUT2D eigenvalue weighted by Crippen LogP contribution is 2.30. The minimum atomic E-state index is 0.628. The van der Waals surface area contributed by atoms with E-state index >= 15 is 0 Å². The molecule has 0 aliphatic carbocycles. The first-order valence-electron chi connectivity index (χ1n) is 5.38. The van der Waals surface area contributed by atoms with E-state index in [9.17, 15) is 0 Å². The second-order valence-corrected chi connectivity index (χ2v) is 4.80. The predicted molar refractivity (Wildman–Crippen MR) is 76.4 cm³/mol. The molecule has 5 heteroatoms. The van der Waals surface area contributed by atoms with Crippen LogP contribution in [0.1, 0.15) is 11.3 Å². The molecular formula is C13H12BrClN2O. The molecule has 94 valence electrons. The average Bonchev–Trinajstić information content (AvgIpc) is 2.39. The lowest BCUT2D eigenvalue weighted by molar-refractivity contribution is 0.416. The molecule has 0 spiro atoms. The van der Waals surface area contributed by atoms with Crippen LogP contribution in [0.3, 0.4) is 0 Å². The van der Waals surface area contributed by atoms with Crippen LogP contribution in [0.25, 0.3) is 11.4 Å². The number of halogens is 2. The van der Waals surface area contributed by atoms with E-state index in [4.69, 9.17) is 16.3 Å². The van der Waals surface area contributed by atoms with E-state index in [0.29, 0.717) is 21.9 Å². The molecule has 0 radical (unpaired) electrons. The van der Waals surface area contributed by atoms with E-state index < -0.39 is 0 Å². The fourth-order valence-electron chi connectivity index (χ4n) is 1.59. The van der Waals surface area contributed by atoms with Gasteiger partial charge in [-0.15, -0.1) is 0 Å². The SMILES string of the molecule is COc1cc(Cl)ccc1-c1ncc(C)c(CBr)n1. The molecule has 0 amide bonds. The van der Waals surface area contributed by atoms with Gasteiger partial charge in [-0.3, -0.25) is 0 Å². The Morgan fingerprint density at radius 1 is 1.39 bits per heavy atom. The zero-order chi connectivity index (χ0) is 13.1.